The summed E-state index contributed by atoms with van der Waals surface area (Å²) in [7, 11) is 0. The first kappa shape index (κ1) is 14.5. The molecule has 1 aliphatic rings. The molecule has 5 heteroatoms. The van der Waals surface area contributed by atoms with E-state index in [1.54, 1.807) is 32.9 Å². The van der Waals surface area contributed by atoms with Gasteiger partial charge in [0, 0.05) is 0 Å². The summed E-state index contributed by atoms with van der Waals surface area (Å²) < 4.78 is 12.8. The minimum Gasteiger partial charge on any atom is -0.481 e. The van der Waals surface area contributed by atoms with Crippen LogP contribution in [0.3, 0.4) is 0 Å². The Morgan fingerprint density at radius 3 is 2.25 bits per heavy atom. The average Bonchev–Trinajstić information content (AvgIpc) is 2.93. The highest BCUT2D eigenvalue weighted by atomic mass is 19.1. The van der Waals surface area contributed by atoms with Crippen LogP contribution in [0.2, 0.25) is 0 Å². The number of carboxylic acids is 1. The van der Waals surface area contributed by atoms with E-state index in [4.69, 9.17) is 5.11 Å². The highest BCUT2D eigenvalue weighted by Crippen LogP contribution is 2.58. The third-order valence-corrected chi connectivity index (χ3v) is 4.10. The zero-order valence-electron chi connectivity index (χ0n) is 11.7. The van der Waals surface area contributed by atoms with Gasteiger partial charge in [0.25, 0.3) is 0 Å². The zero-order valence-corrected chi connectivity index (χ0v) is 11.7. The van der Waals surface area contributed by atoms with Crippen LogP contribution >= 0.6 is 0 Å². The molecule has 2 N–H and O–H groups in total. The predicted molar refractivity (Wildman–Crippen MR) is 71.4 cm³/mol. The lowest BCUT2D eigenvalue weighted by Gasteiger charge is -2.15. The molecule has 4 nitrogen and oxygen atoms in total. The van der Waals surface area contributed by atoms with Gasteiger partial charge < -0.3 is 10.4 Å². The van der Waals surface area contributed by atoms with Gasteiger partial charge in [-0.2, -0.15) is 0 Å². The Kier molecular flexibility index (Phi) is 3.54. The largest absolute Gasteiger partial charge is 0.481 e. The third-order valence-electron chi connectivity index (χ3n) is 4.10. The summed E-state index contributed by atoms with van der Waals surface area (Å²) in [6.07, 6.45) is 0. The van der Waals surface area contributed by atoms with E-state index in [-0.39, 0.29) is 17.8 Å². The summed E-state index contributed by atoms with van der Waals surface area (Å²) in [5.41, 5.74) is 0.267. The lowest BCUT2D eigenvalue weighted by atomic mass is 10.1. The van der Waals surface area contributed by atoms with Crippen LogP contribution in [0.15, 0.2) is 24.3 Å². The molecule has 1 aliphatic carbocycles. The van der Waals surface area contributed by atoms with Crippen molar-refractivity contribution < 1.29 is 19.1 Å². The third kappa shape index (κ3) is 2.53. The highest BCUT2D eigenvalue weighted by Gasteiger charge is 2.65. The summed E-state index contributed by atoms with van der Waals surface area (Å²) in [6.45, 7) is 5.34. The van der Waals surface area contributed by atoms with Crippen molar-refractivity contribution in [3.05, 3.63) is 35.6 Å². The minimum absolute atomic E-state index is 0.265. The average molecular weight is 279 g/mol. The Morgan fingerprint density at radius 2 is 1.80 bits per heavy atom. The van der Waals surface area contributed by atoms with Crippen molar-refractivity contribution in [2.75, 3.05) is 0 Å². The number of carbonyl (C=O) groups is 2. The van der Waals surface area contributed by atoms with Gasteiger partial charge in [-0.15, -0.1) is 0 Å². The first-order valence-corrected chi connectivity index (χ1v) is 6.53. The number of benzene rings is 1. The minimum atomic E-state index is -0.940. The molecule has 1 amide bonds. The van der Waals surface area contributed by atoms with Crippen molar-refractivity contribution in [2.24, 2.45) is 17.3 Å². The van der Waals surface area contributed by atoms with E-state index in [1.807, 2.05) is 0 Å². The van der Waals surface area contributed by atoms with Crippen LogP contribution in [-0.4, -0.2) is 17.0 Å². The second-order valence-electron chi connectivity index (χ2n) is 5.90. The quantitative estimate of drug-likeness (QED) is 0.889. The summed E-state index contributed by atoms with van der Waals surface area (Å²) in [6, 6.07) is 5.59. The molecule has 0 saturated heterocycles. The smallest absolute Gasteiger partial charge is 0.307 e. The second-order valence-corrected chi connectivity index (χ2v) is 5.90. The zero-order chi connectivity index (χ0) is 15.1. The predicted octanol–water partition coefficient (Wildman–Crippen LogP) is 2.36. The Balaban J connectivity index is 2.02. The Morgan fingerprint density at radius 1 is 1.25 bits per heavy atom. The van der Waals surface area contributed by atoms with E-state index in [2.05, 4.69) is 5.32 Å². The van der Waals surface area contributed by atoms with Gasteiger partial charge in [0.2, 0.25) is 5.91 Å². The number of amides is 1. The van der Waals surface area contributed by atoms with Crippen molar-refractivity contribution in [1.82, 2.24) is 5.32 Å². The molecule has 1 saturated carbocycles. The van der Waals surface area contributed by atoms with Crippen molar-refractivity contribution >= 4 is 11.9 Å². The van der Waals surface area contributed by atoms with Crippen LogP contribution in [0.4, 0.5) is 4.39 Å². The van der Waals surface area contributed by atoms with Crippen LogP contribution in [-0.2, 0) is 9.59 Å². The van der Waals surface area contributed by atoms with Crippen LogP contribution in [0, 0.1) is 23.1 Å². The van der Waals surface area contributed by atoms with Crippen LogP contribution < -0.4 is 5.32 Å². The molecule has 0 radical (unpaired) electrons. The van der Waals surface area contributed by atoms with Gasteiger partial charge in [0.05, 0.1) is 17.9 Å². The van der Waals surface area contributed by atoms with E-state index in [0.29, 0.717) is 0 Å². The molecule has 0 aromatic heterocycles. The van der Waals surface area contributed by atoms with Crippen LogP contribution in [0.25, 0.3) is 0 Å². The molecule has 1 aromatic rings. The Hall–Kier alpha value is -1.91. The van der Waals surface area contributed by atoms with Gasteiger partial charge in [-0.1, -0.05) is 26.0 Å². The number of halogens is 1. The molecule has 2 unspecified atom stereocenters. The molecule has 1 fully saturated rings. The summed E-state index contributed by atoms with van der Waals surface area (Å²) in [5, 5.41) is 11.9. The van der Waals surface area contributed by atoms with Crippen LogP contribution in [0.1, 0.15) is 32.4 Å². The SMILES string of the molecule is C[C@H](NC(=O)C1C(C(=O)O)C1(C)C)c1ccc(F)cc1. The lowest BCUT2D eigenvalue weighted by Crippen LogP contribution is -2.30. The summed E-state index contributed by atoms with van der Waals surface area (Å²) >= 11 is 0. The van der Waals surface area contributed by atoms with Crippen LogP contribution in [0.5, 0.6) is 0 Å². The van der Waals surface area contributed by atoms with Crippen molar-refractivity contribution in [1.29, 1.82) is 0 Å². The van der Waals surface area contributed by atoms with Crippen molar-refractivity contribution in [3.8, 4) is 0 Å². The molecule has 0 heterocycles. The van der Waals surface area contributed by atoms with Crippen molar-refractivity contribution in [2.45, 2.75) is 26.8 Å². The molecule has 108 valence electrons. The van der Waals surface area contributed by atoms with E-state index in [1.165, 1.54) is 12.1 Å². The maximum absolute atomic E-state index is 12.8. The Labute approximate surface area is 117 Å². The standard InChI is InChI=1S/C15H18FNO3/c1-8(9-4-6-10(16)7-5-9)17-13(18)11-12(14(19)20)15(11,2)3/h4-8,11-12H,1-3H3,(H,17,18)(H,19,20)/t8-,11?,12?/m0/s1. The first-order valence-electron chi connectivity index (χ1n) is 6.53. The number of carboxylic acid groups (broad SMARTS) is 1. The fourth-order valence-corrected chi connectivity index (χ4v) is 2.73. The summed E-state index contributed by atoms with van der Waals surface area (Å²) in [4.78, 5) is 23.2. The monoisotopic (exact) mass is 279 g/mol. The first-order chi connectivity index (χ1) is 9.25. The van der Waals surface area contributed by atoms with Gasteiger partial charge in [0.1, 0.15) is 5.82 Å². The number of nitrogens with one attached hydrogen (secondary N) is 1. The molecular formula is C15H18FNO3. The fourth-order valence-electron chi connectivity index (χ4n) is 2.73. The molecule has 20 heavy (non-hydrogen) atoms. The molecule has 0 spiro atoms. The van der Waals surface area contributed by atoms with Gasteiger partial charge >= 0.3 is 5.97 Å². The topological polar surface area (TPSA) is 66.4 Å². The Bertz CT molecular complexity index is 539. The van der Waals surface area contributed by atoms with E-state index < -0.39 is 23.2 Å². The fraction of sp³-hybridized carbons (Fsp3) is 0.467. The van der Waals surface area contributed by atoms with E-state index in [0.717, 1.165) is 5.56 Å². The van der Waals surface area contributed by atoms with Gasteiger partial charge in [-0.3, -0.25) is 9.59 Å². The number of hydrogen-bond acceptors (Lipinski definition) is 2. The van der Waals surface area contributed by atoms with Gasteiger partial charge in [-0.05, 0) is 30.0 Å². The van der Waals surface area contributed by atoms with Gasteiger partial charge in [-0.25, -0.2) is 4.39 Å². The highest BCUT2D eigenvalue weighted by molar-refractivity contribution is 5.91. The second kappa shape index (κ2) is 4.89. The molecular weight excluding hydrogens is 261 g/mol. The van der Waals surface area contributed by atoms with Crippen molar-refractivity contribution in [3.63, 3.8) is 0 Å². The lowest BCUT2D eigenvalue weighted by molar-refractivity contribution is -0.140. The molecule has 2 rings (SSSR count). The molecule has 0 bridgehead atoms. The number of rotatable bonds is 4. The van der Waals surface area contributed by atoms with E-state index >= 15 is 0 Å². The molecule has 3 atom stereocenters. The van der Waals surface area contributed by atoms with E-state index in [9.17, 15) is 14.0 Å². The number of hydrogen-bond donors (Lipinski definition) is 2. The number of aliphatic carboxylic acids is 1. The molecule has 0 aliphatic heterocycles. The maximum atomic E-state index is 12.8. The maximum Gasteiger partial charge on any atom is 0.307 e. The summed E-state index contributed by atoms with van der Waals surface area (Å²) in [5.74, 6) is -2.68. The molecule has 1 aromatic carbocycles. The van der Waals surface area contributed by atoms with Gasteiger partial charge in [0.15, 0.2) is 0 Å². The number of carbonyl (C=O) groups excluding carboxylic acids is 1. The normalized spacial score (nSPS) is 24.8.